The lowest BCUT2D eigenvalue weighted by Gasteiger charge is -2.07. The maximum Gasteiger partial charge on any atom is 0.224 e. The molecule has 5 nitrogen and oxygen atoms in total. The molecule has 0 aliphatic rings. The third-order valence-corrected chi connectivity index (χ3v) is 3.13. The van der Waals surface area contributed by atoms with Crippen LogP contribution in [0.15, 0.2) is 28.8 Å². The first kappa shape index (κ1) is 14.1. The molecule has 1 heterocycles. The SMILES string of the molecule is CNC(=O)Cc1ccc(OCc2c(C)noc2C)cc1. The molecule has 2 rings (SSSR count). The monoisotopic (exact) mass is 274 g/mol. The van der Waals surface area contributed by atoms with E-state index < -0.39 is 0 Å². The molecule has 1 N–H and O–H groups in total. The van der Waals surface area contributed by atoms with Gasteiger partial charge in [0.05, 0.1) is 17.7 Å². The minimum Gasteiger partial charge on any atom is -0.489 e. The molecule has 0 radical (unpaired) electrons. The van der Waals surface area contributed by atoms with Crippen molar-refractivity contribution in [2.45, 2.75) is 26.9 Å². The standard InChI is InChI=1S/C15H18N2O3/c1-10-14(11(2)20-17-10)9-19-13-6-4-12(5-7-13)8-15(18)16-3/h4-7H,8-9H2,1-3H3,(H,16,18). The Labute approximate surface area is 117 Å². The maximum absolute atomic E-state index is 11.3. The molecule has 0 aliphatic heterocycles. The zero-order chi connectivity index (χ0) is 14.5. The Kier molecular flexibility index (Phi) is 4.40. The summed E-state index contributed by atoms with van der Waals surface area (Å²) < 4.78 is 10.8. The fraction of sp³-hybridized carbons (Fsp3) is 0.333. The predicted octanol–water partition coefficient (Wildman–Crippen LogP) is 2.16. The van der Waals surface area contributed by atoms with Crippen LogP contribution in [-0.2, 0) is 17.8 Å². The van der Waals surface area contributed by atoms with Crippen molar-refractivity contribution in [2.24, 2.45) is 0 Å². The fourth-order valence-electron chi connectivity index (χ4n) is 1.84. The number of likely N-dealkylation sites (N-methyl/N-ethyl adjacent to an activating group) is 1. The first-order valence-electron chi connectivity index (χ1n) is 6.44. The van der Waals surface area contributed by atoms with Gasteiger partial charge in [-0.25, -0.2) is 0 Å². The van der Waals surface area contributed by atoms with Crippen LogP contribution in [0.1, 0.15) is 22.6 Å². The average molecular weight is 274 g/mol. The summed E-state index contributed by atoms with van der Waals surface area (Å²) >= 11 is 0. The minimum absolute atomic E-state index is 0.00519. The number of aromatic nitrogens is 1. The summed E-state index contributed by atoms with van der Waals surface area (Å²) in [7, 11) is 1.63. The fourth-order valence-corrected chi connectivity index (χ4v) is 1.84. The lowest BCUT2D eigenvalue weighted by atomic mass is 10.1. The molecule has 5 heteroatoms. The smallest absolute Gasteiger partial charge is 0.224 e. The van der Waals surface area contributed by atoms with Crippen molar-refractivity contribution in [3.05, 3.63) is 46.8 Å². The van der Waals surface area contributed by atoms with E-state index in [1.165, 1.54) is 0 Å². The number of hydrogen-bond acceptors (Lipinski definition) is 4. The molecule has 20 heavy (non-hydrogen) atoms. The quantitative estimate of drug-likeness (QED) is 0.907. The maximum atomic E-state index is 11.3. The van der Waals surface area contributed by atoms with Gasteiger partial charge >= 0.3 is 0 Å². The molecule has 0 saturated heterocycles. The van der Waals surface area contributed by atoms with E-state index in [1.54, 1.807) is 7.05 Å². The van der Waals surface area contributed by atoms with Crippen molar-refractivity contribution in [1.29, 1.82) is 0 Å². The zero-order valence-corrected chi connectivity index (χ0v) is 11.9. The number of benzene rings is 1. The Hall–Kier alpha value is -2.30. The molecule has 106 valence electrons. The summed E-state index contributed by atoms with van der Waals surface area (Å²) in [6, 6.07) is 7.49. The van der Waals surface area contributed by atoms with Gasteiger partial charge in [0, 0.05) is 7.05 Å². The molecule has 0 fully saturated rings. The molecule has 1 aromatic heterocycles. The molecule has 0 spiro atoms. The van der Waals surface area contributed by atoms with Gasteiger partial charge in [0.15, 0.2) is 0 Å². The van der Waals surface area contributed by atoms with Crippen LogP contribution in [0.25, 0.3) is 0 Å². The topological polar surface area (TPSA) is 64.4 Å². The molecule has 0 aliphatic carbocycles. The molecular weight excluding hydrogens is 256 g/mol. The van der Waals surface area contributed by atoms with Crippen molar-refractivity contribution < 1.29 is 14.1 Å². The number of carbonyl (C=O) groups is 1. The van der Waals surface area contributed by atoms with Crippen LogP contribution >= 0.6 is 0 Å². The third-order valence-electron chi connectivity index (χ3n) is 3.13. The van der Waals surface area contributed by atoms with E-state index in [0.29, 0.717) is 13.0 Å². The zero-order valence-electron chi connectivity index (χ0n) is 11.9. The van der Waals surface area contributed by atoms with Crippen LogP contribution in [0.5, 0.6) is 5.75 Å². The van der Waals surface area contributed by atoms with E-state index in [0.717, 1.165) is 28.3 Å². The molecule has 0 bridgehead atoms. The van der Waals surface area contributed by atoms with Crippen LogP contribution in [0.2, 0.25) is 0 Å². The van der Waals surface area contributed by atoms with Gasteiger partial charge < -0.3 is 14.6 Å². The van der Waals surface area contributed by atoms with Gasteiger partial charge in [0.1, 0.15) is 18.1 Å². The molecule has 0 unspecified atom stereocenters. The highest BCUT2D eigenvalue weighted by atomic mass is 16.5. The molecule has 2 aromatic rings. The van der Waals surface area contributed by atoms with Crippen LogP contribution < -0.4 is 10.1 Å². The third kappa shape index (κ3) is 3.38. The molecule has 0 saturated carbocycles. The number of carbonyl (C=O) groups excluding carboxylic acids is 1. The number of nitrogens with zero attached hydrogens (tertiary/aromatic N) is 1. The largest absolute Gasteiger partial charge is 0.489 e. The van der Waals surface area contributed by atoms with Gasteiger partial charge in [0.2, 0.25) is 5.91 Å². The Morgan fingerprint density at radius 2 is 2.00 bits per heavy atom. The predicted molar refractivity (Wildman–Crippen MR) is 74.5 cm³/mol. The van der Waals surface area contributed by atoms with Gasteiger partial charge in [-0.05, 0) is 31.5 Å². The van der Waals surface area contributed by atoms with Crippen LogP contribution in [0.3, 0.4) is 0 Å². The minimum atomic E-state index is -0.00519. The Morgan fingerprint density at radius 1 is 1.30 bits per heavy atom. The highest BCUT2D eigenvalue weighted by Gasteiger charge is 2.09. The summed E-state index contributed by atoms with van der Waals surface area (Å²) in [5.41, 5.74) is 2.77. The van der Waals surface area contributed by atoms with Gasteiger partial charge in [-0.2, -0.15) is 0 Å². The van der Waals surface area contributed by atoms with Gasteiger partial charge in [-0.3, -0.25) is 4.79 Å². The summed E-state index contributed by atoms with van der Waals surface area (Å²) in [6.45, 7) is 4.18. The lowest BCUT2D eigenvalue weighted by molar-refractivity contribution is -0.119. The van der Waals surface area contributed by atoms with Crippen molar-refractivity contribution >= 4 is 5.91 Å². The highest BCUT2D eigenvalue weighted by Crippen LogP contribution is 2.18. The van der Waals surface area contributed by atoms with E-state index >= 15 is 0 Å². The number of ether oxygens (including phenoxy) is 1. The summed E-state index contributed by atoms with van der Waals surface area (Å²) in [6.07, 6.45) is 0.376. The van der Waals surface area contributed by atoms with Crippen molar-refractivity contribution in [3.8, 4) is 5.75 Å². The molecule has 0 atom stereocenters. The van der Waals surface area contributed by atoms with E-state index in [4.69, 9.17) is 9.26 Å². The van der Waals surface area contributed by atoms with Gasteiger partial charge in [-0.1, -0.05) is 17.3 Å². The van der Waals surface area contributed by atoms with E-state index in [2.05, 4.69) is 10.5 Å². The Balaban J connectivity index is 1.96. The summed E-state index contributed by atoms with van der Waals surface area (Å²) in [5, 5.41) is 6.48. The van der Waals surface area contributed by atoms with Crippen LogP contribution in [0, 0.1) is 13.8 Å². The average Bonchev–Trinajstić information content (AvgIpc) is 2.77. The number of amides is 1. The molecule has 1 amide bonds. The molecule has 1 aromatic carbocycles. The number of nitrogens with one attached hydrogen (secondary N) is 1. The van der Waals surface area contributed by atoms with Crippen LogP contribution in [-0.4, -0.2) is 18.1 Å². The number of rotatable bonds is 5. The second-order valence-electron chi connectivity index (χ2n) is 4.59. The number of aryl methyl sites for hydroxylation is 2. The summed E-state index contributed by atoms with van der Waals surface area (Å²) in [4.78, 5) is 11.3. The lowest BCUT2D eigenvalue weighted by Crippen LogP contribution is -2.19. The highest BCUT2D eigenvalue weighted by molar-refractivity contribution is 5.78. The molecular formula is C15H18N2O3. The first-order valence-corrected chi connectivity index (χ1v) is 6.44. The van der Waals surface area contributed by atoms with E-state index in [9.17, 15) is 4.79 Å². The summed E-state index contributed by atoms with van der Waals surface area (Å²) in [5.74, 6) is 1.53. The van der Waals surface area contributed by atoms with Crippen LogP contribution in [0.4, 0.5) is 0 Å². The van der Waals surface area contributed by atoms with Gasteiger partial charge in [-0.15, -0.1) is 0 Å². The normalized spacial score (nSPS) is 10.3. The van der Waals surface area contributed by atoms with Crippen molar-refractivity contribution in [1.82, 2.24) is 10.5 Å². The Bertz CT molecular complexity index is 568. The van der Waals surface area contributed by atoms with Crippen molar-refractivity contribution in [2.75, 3.05) is 7.05 Å². The van der Waals surface area contributed by atoms with Crippen molar-refractivity contribution in [3.63, 3.8) is 0 Å². The van der Waals surface area contributed by atoms with E-state index in [-0.39, 0.29) is 5.91 Å². The Morgan fingerprint density at radius 3 is 2.55 bits per heavy atom. The first-order chi connectivity index (χ1) is 9.60. The second kappa shape index (κ2) is 6.23. The second-order valence-corrected chi connectivity index (χ2v) is 4.59. The van der Waals surface area contributed by atoms with E-state index in [1.807, 2.05) is 38.1 Å². The number of hydrogen-bond donors (Lipinski definition) is 1. The van der Waals surface area contributed by atoms with Gasteiger partial charge in [0.25, 0.3) is 0 Å².